The third kappa shape index (κ3) is 4.22. The smallest absolute Gasteiger partial charge is 0.221 e. The minimum atomic E-state index is -1.25. The Labute approximate surface area is 176 Å². The van der Waals surface area contributed by atoms with Crippen LogP contribution in [-0.2, 0) is 9.53 Å². The Bertz CT molecular complexity index is 1100. The molecule has 0 radical (unpaired) electrons. The van der Waals surface area contributed by atoms with Crippen LogP contribution in [-0.4, -0.2) is 71.9 Å². The number of benzene rings is 1. The largest absolute Gasteiger partial charge is 0.394 e. The molecule has 1 aliphatic rings. The monoisotopic (exact) mass is 427 g/mol. The molecular formula is C19H21N7O5. The van der Waals surface area contributed by atoms with Gasteiger partial charge in [0.1, 0.15) is 24.6 Å². The number of nitrogens with zero attached hydrogens (tertiary/aromatic N) is 5. The van der Waals surface area contributed by atoms with Gasteiger partial charge in [-0.1, -0.05) is 12.1 Å². The summed E-state index contributed by atoms with van der Waals surface area (Å²) in [5.41, 5.74) is 5.04. The molecule has 1 aromatic carbocycles. The summed E-state index contributed by atoms with van der Waals surface area (Å²) >= 11 is 0. The number of aliphatic hydroxyl groups is 3. The van der Waals surface area contributed by atoms with Crippen LogP contribution in [0.1, 0.15) is 18.7 Å². The van der Waals surface area contributed by atoms with Gasteiger partial charge in [0.15, 0.2) is 23.2 Å². The lowest BCUT2D eigenvalue weighted by molar-refractivity contribution is -0.114. The van der Waals surface area contributed by atoms with Gasteiger partial charge in [-0.2, -0.15) is 5.10 Å². The molecule has 31 heavy (non-hydrogen) atoms. The van der Waals surface area contributed by atoms with Crippen LogP contribution in [0.3, 0.4) is 0 Å². The first-order valence-electron chi connectivity index (χ1n) is 9.44. The van der Waals surface area contributed by atoms with Crippen LogP contribution >= 0.6 is 0 Å². The van der Waals surface area contributed by atoms with E-state index in [0.29, 0.717) is 22.7 Å². The summed E-state index contributed by atoms with van der Waals surface area (Å²) in [7, 11) is 0. The van der Waals surface area contributed by atoms with Crippen molar-refractivity contribution >= 4 is 34.8 Å². The molecule has 5 N–H and O–H groups in total. The number of anilines is 2. The van der Waals surface area contributed by atoms with Crippen LogP contribution in [0.15, 0.2) is 42.0 Å². The second kappa shape index (κ2) is 8.73. The highest BCUT2D eigenvalue weighted by Crippen LogP contribution is 2.32. The number of nitrogens with one attached hydrogen (secondary N) is 2. The number of imidazole rings is 1. The summed E-state index contributed by atoms with van der Waals surface area (Å²) in [4.78, 5) is 23.7. The van der Waals surface area contributed by atoms with Gasteiger partial charge in [0.05, 0.1) is 19.1 Å². The Kier molecular flexibility index (Phi) is 5.86. The van der Waals surface area contributed by atoms with Crippen molar-refractivity contribution in [2.75, 3.05) is 17.3 Å². The number of carbonyl (C=O) groups is 1. The second-order valence-corrected chi connectivity index (χ2v) is 6.95. The van der Waals surface area contributed by atoms with Crippen LogP contribution in [0.4, 0.5) is 11.5 Å². The fraction of sp³-hybridized carbons (Fsp3) is 0.316. The zero-order valence-corrected chi connectivity index (χ0v) is 16.5. The minimum absolute atomic E-state index is 0.146. The minimum Gasteiger partial charge on any atom is -0.394 e. The standard InChI is InChI=1S/C19H21N7O5/c1-10(28)24-12-4-2-11(3-5-12)6-23-25-17-14-18(21-8-20-17)26(9-22-14)19-16(30)15(29)13(7-27)31-19/h2-6,8-9,13,15-16,19,27,29-30H,7H2,1H3,(H,24,28)(H,20,21,25)/b23-6+/t13-,15?,16+,19-/m1/s1. The van der Waals surface area contributed by atoms with Crippen molar-refractivity contribution in [2.24, 2.45) is 5.10 Å². The first-order chi connectivity index (χ1) is 15.0. The maximum atomic E-state index is 11.1. The molecule has 4 atom stereocenters. The Morgan fingerprint density at radius 3 is 2.68 bits per heavy atom. The first kappa shape index (κ1) is 20.8. The van der Waals surface area contributed by atoms with E-state index in [0.717, 1.165) is 5.56 Å². The highest BCUT2D eigenvalue weighted by molar-refractivity contribution is 5.89. The van der Waals surface area contributed by atoms with E-state index in [1.807, 2.05) is 0 Å². The molecule has 1 aliphatic heterocycles. The van der Waals surface area contributed by atoms with E-state index >= 15 is 0 Å². The Hall–Kier alpha value is -3.45. The molecular weight excluding hydrogens is 406 g/mol. The van der Waals surface area contributed by atoms with Gasteiger partial charge in [0.25, 0.3) is 0 Å². The van der Waals surface area contributed by atoms with Crippen molar-refractivity contribution in [3.8, 4) is 0 Å². The fourth-order valence-electron chi connectivity index (χ4n) is 3.25. The van der Waals surface area contributed by atoms with Gasteiger partial charge in [-0.05, 0) is 17.7 Å². The SMILES string of the molecule is CC(=O)Nc1ccc(/C=N/Nc2ncnc3c2ncn3[C@@H]2O[C@H](CO)C(O)[C@@H]2O)cc1. The third-order valence-electron chi connectivity index (χ3n) is 4.77. The van der Waals surface area contributed by atoms with Gasteiger partial charge >= 0.3 is 0 Å². The molecule has 0 spiro atoms. The molecule has 162 valence electrons. The molecule has 0 aliphatic carbocycles. The van der Waals surface area contributed by atoms with E-state index in [1.165, 1.54) is 24.1 Å². The van der Waals surface area contributed by atoms with E-state index in [2.05, 4.69) is 30.8 Å². The molecule has 3 aromatic rings. The number of aromatic nitrogens is 4. The summed E-state index contributed by atoms with van der Waals surface area (Å²) in [5, 5.41) is 36.4. The summed E-state index contributed by atoms with van der Waals surface area (Å²) in [6, 6.07) is 7.10. The van der Waals surface area contributed by atoms with Crippen molar-refractivity contribution in [1.29, 1.82) is 0 Å². The van der Waals surface area contributed by atoms with Crippen LogP contribution in [0, 0.1) is 0 Å². The molecule has 2 aromatic heterocycles. The molecule has 3 heterocycles. The number of hydrazone groups is 1. The van der Waals surface area contributed by atoms with Crippen molar-refractivity contribution < 1.29 is 24.9 Å². The number of amides is 1. The predicted molar refractivity (Wildman–Crippen MR) is 110 cm³/mol. The van der Waals surface area contributed by atoms with Gasteiger partial charge in [-0.25, -0.2) is 15.0 Å². The molecule has 12 nitrogen and oxygen atoms in total. The number of hydrogen-bond acceptors (Lipinski definition) is 10. The van der Waals surface area contributed by atoms with E-state index in [-0.39, 0.29) is 5.91 Å². The summed E-state index contributed by atoms with van der Waals surface area (Å²) < 4.78 is 7.00. The molecule has 1 fully saturated rings. The highest BCUT2D eigenvalue weighted by atomic mass is 16.6. The van der Waals surface area contributed by atoms with Crippen LogP contribution < -0.4 is 10.7 Å². The quantitative estimate of drug-likeness (QED) is 0.265. The maximum Gasteiger partial charge on any atom is 0.221 e. The van der Waals surface area contributed by atoms with Crippen molar-refractivity contribution in [1.82, 2.24) is 19.5 Å². The van der Waals surface area contributed by atoms with Crippen LogP contribution in [0.2, 0.25) is 0 Å². The molecule has 4 rings (SSSR count). The predicted octanol–water partition coefficient (Wildman–Crippen LogP) is -0.158. The maximum absolute atomic E-state index is 11.1. The van der Waals surface area contributed by atoms with Gasteiger partial charge in [0.2, 0.25) is 5.91 Å². The molecule has 12 heteroatoms. The lowest BCUT2D eigenvalue weighted by Gasteiger charge is -2.16. The van der Waals surface area contributed by atoms with Crippen LogP contribution in [0.25, 0.3) is 11.2 Å². The normalized spacial score (nSPS) is 23.5. The van der Waals surface area contributed by atoms with Crippen LogP contribution in [0.5, 0.6) is 0 Å². The van der Waals surface area contributed by atoms with E-state index < -0.39 is 31.1 Å². The average molecular weight is 427 g/mol. The lowest BCUT2D eigenvalue weighted by atomic mass is 10.1. The zero-order valence-electron chi connectivity index (χ0n) is 16.5. The number of ether oxygens (including phenoxy) is 1. The zero-order chi connectivity index (χ0) is 22.0. The van der Waals surface area contributed by atoms with Gasteiger partial charge in [-0.3, -0.25) is 14.8 Å². The van der Waals surface area contributed by atoms with Crippen molar-refractivity contribution in [3.63, 3.8) is 0 Å². The molecule has 1 unspecified atom stereocenters. The number of fused-ring (bicyclic) bond motifs is 1. The van der Waals surface area contributed by atoms with Crippen molar-refractivity contribution in [2.45, 2.75) is 31.5 Å². The topological polar surface area (TPSA) is 167 Å². The number of hydrogen-bond donors (Lipinski definition) is 5. The second-order valence-electron chi connectivity index (χ2n) is 6.95. The van der Waals surface area contributed by atoms with Gasteiger partial charge < -0.3 is 25.4 Å². The molecule has 0 saturated carbocycles. The molecule has 0 bridgehead atoms. The Morgan fingerprint density at radius 1 is 1.23 bits per heavy atom. The van der Waals surface area contributed by atoms with E-state index in [9.17, 15) is 20.1 Å². The van der Waals surface area contributed by atoms with Crippen molar-refractivity contribution in [3.05, 3.63) is 42.5 Å². The number of aliphatic hydroxyl groups excluding tert-OH is 3. The highest BCUT2D eigenvalue weighted by Gasteiger charge is 2.44. The molecule has 1 amide bonds. The summed E-state index contributed by atoms with van der Waals surface area (Å²) in [6.07, 6.45) is -0.0388. The Morgan fingerprint density at radius 2 is 2.00 bits per heavy atom. The van der Waals surface area contributed by atoms with Gasteiger partial charge in [0, 0.05) is 12.6 Å². The summed E-state index contributed by atoms with van der Waals surface area (Å²) in [6.45, 7) is 1.01. The van der Waals surface area contributed by atoms with Gasteiger partial charge in [-0.15, -0.1) is 0 Å². The lowest BCUT2D eigenvalue weighted by Crippen LogP contribution is -2.33. The fourth-order valence-corrected chi connectivity index (χ4v) is 3.25. The Balaban J connectivity index is 1.51. The summed E-state index contributed by atoms with van der Waals surface area (Å²) in [5.74, 6) is 0.189. The number of rotatable bonds is 6. The average Bonchev–Trinajstić information content (AvgIpc) is 3.31. The first-order valence-corrected chi connectivity index (χ1v) is 9.44. The van der Waals surface area contributed by atoms with E-state index in [1.54, 1.807) is 30.5 Å². The molecule has 1 saturated heterocycles. The third-order valence-corrected chi connectivity index (χ3v) is 4.77. The number of carbonyl (C=O) groups excluding carboxylic acids is 1. The van der Waals surface area contributed by atoms with E-state index in [4.69, 9.17) is 4.74 Å².